The van der Waals surface area contributed by atoms with Crippen LogP contribution in [0.4, 0.5) is 0 Å². The number of likely N-dealkylation sites (tertiary alicyclic amines) is 1. The molecule has 2 atom stereocenters. The summed E-state index contributed by atoms with van der Waals surface area (Å²) in [6.07, 6.45) is 8.66. The van der Waals surface area contributed by atoms with Crippen molar-refractivity contribution in [2.24, 2.45) is 5.92 Å². The van der Waals surface area contributed by atoms with E-state index in [1.54, 1.807) is 0 Å². The van der Waals surface area contributed by atoms with Gasteiger partial charge in [-0.05, 0) is 55.9 Å². The molecule has 132 valence electrons. The number of ether oxygens (including phenoxy) is 1. The van der Waals surface area contributed by atoms with Crippen LogP contribution < -0.4 is 4.74 Å². The summed E-state index contributed by atoms with van der Waals surface area (Å²) in [5, 5.41) is 7.54. The van der Waals surface area contributed by atoms with E-state index in [0.717, 1.165) is 24.9 Å². The Morgan fingerprint density at radius 3 is 2.76 bits per heavy atom. The molecule has 2 aromatic rings. The van der Waals surface area contributed by atoms with Gasteiger partial charge in [-0.25, -0.2) is 0 Å². The number of fused-ring (bicyclic) bond motifs is 1. The predicted octanol–water partition coefficient (Wildman–Crippen LogP) is 3.30. The molecule has 25 heavy (non-hydrogen) atoms. The number of aromatic nitrogens is 2. The number of carbonyl (C=O) groups excluding carboxylic acids is 1. The highest BCUT2D eigenvalue weighted by atomic mass is 16.5. The van der Waals surface area contributed by atoms with Gasteiger partial charge < -0.3 is 14.1 Å². The molecule has 2 fully saturated rings. The molecule has 0 unspecified atom stereocenters. The molecule has 2 heterocycles. The number of benzene rings is 1. The normalized spacial score (nSPS) is 23.1. The van der Waals surface area contributed by atoms with E-state index in [1.165, 1.54) is 32.1 Å². The second-order valence-electron chi connectivity index (χ2n) is 6.90. The molecule has 0 spiro atoms. The first-order chi connectivity index (χ1) is 12.3. The van der Waals surface area contributed by atoms with E-state index in [0.29, 0.717) is 23.6 Å². The van der Waals surface area contributed by atoms with E-state index in [9.17, 15) is 4.79 Å². The SMILES string of the molecule is O=C(COc1ccc(-c2nnco2)cc1)N1CCC[C@@H]2CCCC[C@H]21. The standard InChI is InChI=1S/C19H23N3O3/c23-18(22-11-3-5-14-4-1-2-6-17(14)22)12-24-16-9-7-15(8-10-16)19-21-20-13-25-19/h7-10,13-14,17H,1-6,11-12H2/t14-,17+/m0/s1. The largest absolute Gasteiger partial charge is 0.484 e. The van der Waals surface area contributed by atoms with Gasteiger partial charge >= 0.3 is 0 Å². The second-order valence-corrected chi connectivity index (χ2v) is 6.90. The molecule has 1 saturated heterocycles. The van der Waals surface area contributed by atoms with E-state index in [2.05, 4.69) is 15.1 Å². The summed E-state index contributed by atoms with van der Waals surface area (Å²) in [5.41, 5.74) is 0.831. The Bertz CT molecular complexity index is 697. The van der Waals surface area contributed by atoms with E-state index in [1.807, 2.05) is 24.3 Å². The predicted molar refractivity (Wildman–Crippen MR) is 91.9 cm³/mol. The van der Waals surface area contributed by atoms with Gasteiger partial charge in [-0.2, -0.15) is 0 Å². The zero-order valence-electron chi connectivity index (χ0n) is 14.3. The first-order valence-corrected chi connectivity index (χ1v) is 9.10. The third-order valence-corrected chi connectivity index (χ3v) is 5.39. The average Bonchev–Trinajstić information content (AvgIpc) is 3.21. The van der Waals surface area contributed by atoms with Crippen LogP contribution in [0.2, 0.25) is 0 Å². The number of hydrogen-bond donors (Lipinski definition) is 0. The molecule has 1 aromatic carbocycles. The summed E-state index contributed by atoms with van der Waals surface area (Å²) >= 11 is 0. The summed E-state index contributed by atoms with van der Waals surface area (Å²) in [7, 11) is 0. The van der Waals surface area contributed by atoms with Gasteiger partial charge in [0, 0.05) is 18.2 Å². The van der Waals surface area contributed by atoms with Gasteiger partial charge in [0.15, 0.2) is 6.61 Å². The Hall–Kier alpha value is -2.37. The maximum atomic E-state index is 12.6. The first-order valence-electron chi connectivity index (χ1n) is 9.10. The highest BCUT2D eigenvalue weighted by Gasteiger charge is 2.35. The van der Waals surface area contributed by atoms with Crippen molar-refractivity contribution in [3.63, 3.8) is 0 Å². The smallest absolute Gasteiger partial charge is 0.260 e. The van der Waals surface area contributed by atoms with Crippen molar-refractivity contribution in [1.29, 1.82) is 0 Å². The number of amides is 1. The lowest BCUT2D eigenvalue weighted by Crippen LogP contribution is -2.51. The highest BCUT2D eigenvalue weighted by molar-refractivity contribution is 5.78. The van der Waals surface area contributed by atoms with Crippen LogP contribution in [0.1, 0.15) is 38.5 Å². The van der Waals surface area contributed by atoms with E-state index >= 15 is 0 Å². The van der Waals surface area contributed by atoms with Crippen LogP contribution in [-0.4, -0.2) is 40.2 Å². The molecule has 1 aliphatic heterocycles. The Kier molecular flexibility index (Phi) is 4.68. The van der Waals surface area contributed by atoms with Crippen molar-refractivity contribution in [2.75, 3.05) is 13.2 Å². The maximum absolute atomic E-state index is 12.6. The summed E-state index contributed by atoms with van der Waals surface area (Å²) in [6.45, 7) is 0.975. The van der Waals surface area contributed by atoms with E-state index < -0.39 is 0 Å². The molecule has 6 nitrogen and oxygen atoms in total. The third-order valence-electron chi connectivity index (χ3n) is 5.39. The minimum absolute atomic E-state index is 0.100. The van der Waals surface area contributed by atoms with Crippen molar-refractivity contribution >= 4 is 5.91 Å². The van der Waals surface area contributed by atoms with Gasteiger partial charge in [0.05, 0.1) is 0 Å². The fourth-order valence-corrected chi connectivity index (χ4v) is 4.15. The van der Waals surface area contributed by atoms with Crippen LogP contribution in [-0.2, 0) is 4.79 Å². The zero-order valence-corrected chi connectivity index (χ0v) is 14.3. The van der Waals surface area contributed by atoms with Crippen LogP contribution in [0.25, 0.3) is 11.5 Å². The number of hydrogen-bond acceptors (Lipinski definition) is 5. The van der Waals surface area contributed by atoms with Gasteiger partial charge in [0.2, 0.25) is 12.3 Å². The van der Waals surface area contributed by atoms with Crippen molar-refractivity contribution in [3.8, 4) is 17.2 Å². The lowest BCUT2D eigenvalue weighted by Gasteiger charge is -2.44. The molecule has 0 N–H and O–H groups in total. The van der Waals surface area contributed by atoms with E-state index in [-0.39, 0.29) is 12.5 Å². The Morgan fingerprint density at radius 2 is 1.96 bits per heavy atom. The Labute approximate surface area is 147 Å². The highest BCUT2D eigenvalue weighted by Crippen LogP contribution is 2.35. The van der Waals surface area contributed by atoms with Gasteiger partial charge in [0.1, 0.15) is 5.75 Å². The lowest BCUT2D eigenvalue weighted by molar-refractivity contribution is -0.139. The molecule has 1 amide bonds. The van der Waals surface area contributed by atoms with Gasteiger partial charge in [-0.1, -0.05) is 12.8 Å². The third kappa shape index (κ3) is 3.52. The molecule has 6 heteroatoms. The van der Waals surface area contributed by atoms with E-state index in [4.69, 9.17) is 9.15 Å². The quantitative estimate of drug-likeness (QED) is 0.853. The molecule has 1 aliphatic carbocycles. The maximum Gasteiger partial charge on any atom is 0.260 e. The number of rotatable bonds is 4. The molecule has 1 saturated carbocycles. The fourth-order valence-electron chi connectivity index (χ4n) is 4.15. The first kappa shape index (κ1) is 16.1. The van der Waals surface area contributed by atoms with Gasteiger partial charge in [0.25, 0.3) is 5.91 Å². The molecule has 0 radical (unpaired) electrons. The topological polar surface area (TPSA) is 68.5 Å². The number of carbonyl (C=O) groups is 1. The van der Waals surface area contributed by atoms with Gasteiger partial charge in [-0.15, -0.1) is 10.2 Å². The summed E-state index contributed by atoms with van der Waals surface area (Å²) in [6, 6.07) is 7.79. The summed E-state index contributed by atoms with van der Waals surface area (Å²) in [4.78, 5) is 14.7. The molecule has 0 bridgehead atoms. The lowest BCUT2D eigenvalue weighted by atomic mass is 9.78. The van der Waals surface area contributed by atoms with Crippen LogP contribution in [0.5, 0.6) is 5.75 Å². The fraction of sp³-hybridized carbons (Fsp3) is 0.526. The minimum Gasteiger partial charge on any atom is -0.484 e. The van der Waals surface area contributed by atoms with Crippen LogP contribution in [0.15, 0.2) is 35.1 Å². The van der Waals surface area contributed by atoms with Crippen LogP contribution in [0, 0.1) is 5.92 Å². The molecule has 1 aromatic heterocycles. The van der Waals surface area contributed by atoms with Crippen LogP contribution in [0.3, 0.4) is 0 Å². The molecular weight excluding hydrogens is 318 g/mol. The summed E-state index contributed by atoms with van der Waals surface area (Å²) < 4.78 is 10.9. The monoisotopic (exact) mass is 341 g/mol. The molecule has 2 aliphatic rings. The van der Waals surface area contributed by atoms with Crippen molar-refractivity contribution in [2.45, 2.75) is 44.6 Å². The Balaban J connectivity index is 1.35. The number of piperidine rings is 1. The van der Waals surface area contributed by atoms with Crippen molar-refractivity contribution < 1.29 is 13.9 Å². The number of nitrogens with zero attached hydrogens (tertiary/aromatic N) is 3. The zero-order chi connectivity index (χ0) is 17.1. The summed E-state index contributed by atoms with van der Waals surface area (Å²) in [5.74, 6) is 1.95. The van der Waals surface area contributed by atoms with Crippen molar-refractivity contribution in [1.82, 2.24) is 15.1 Å². The molecule has 4 rings (SSSR count). The average molecular weight is 341 g/mol. The minimum atomic E-state index is 0.100. The Morgan fingerprint density at radius 1 is 1.16 bits per heavy atom. The van der Waals surface area contributed by atoms with Crippen molar-refractivity contribution in [3.05, 3.63) is 30.7 Å². The second kappa shape index (κ2) is 7.25. The molecular formula is C19H23N3O3. The van der Waals surface area contributed by atoms with Crippen LogP contribution >= 0.6 is 0 Å². The van der Waals surface area contributed by atoms with Gasteiger partial charge in [-0.3, -0.25) is 4.79 Å².